The Balaban J connectivity index is 1.81. The van der Waals surface area contributed by atoms with Crippen LogP contribution in [0.3, 0.4) is 0 Å². The normalized spacial score (nSPS) is 10.7. The summed E-state index contributed by atoms with van der Waals surface area (Å²) >= 11 is 6.13. The molecule has 0 aliphatic carbocycles. The van der Waals surface area contributed by atoms with Gasteiger partial charge in [0.1, 0.15) is 12.4 Å². The number of halogens is 1. The molecule has 2 aromatic carbocycles. The van der Waals surface area contributed by atoms with Gasteiger partial charge < -0.3 is 19.0 Å². The summed E-state index contributed by atoms with van der Waals surface area (Å²) in [4.78, 5) is 5.18. The summed E-state index contributed by atoms with van der Waals surface area (Å²) in [7, 11) is 3.09. The van der Waals surface area contributed by atoms with Crippen LogP contribution in [0.4, 0.5) is 0 Å². The Morgan fingerprint density at radius 2 is 1.79 bits per heavy atom. The van der Waals surface area contributed by atoms with Gasteiger partial charge in [0, 0.05) is 5.56 Å². The summed E-state index contributed by atoms with van der Waals surface area (Å²) in [6.07, 6.45) is 1.56. The van der Waals surface area contributed by atoms with E-state index in [4.69, 9.17) is 30.6 Å². The quantitative estimate of drug-likeness (QED) is 0.409. The number of aryl methyl sites for hydroxylation is 1. The molecular formula is C18H20ClNO4. The van der Waals surface area contributed by atoms with Crippen LogP contribution in [-0.4, -0.2) is 33.6 Å². The molecule has 0 aromatic heterocycles. The van der Waals surface area contributed by atoms with Crippen molar-refractivity contribution in [3.8, 4) is 17.2 Å². The van der Waals surface area contributed by atoms with E-state index in [0.29, 0.717) is 29.7 Å². The molecule has 6 heteroatoms. The van der Waals surface area contributed by atoms with E-state index < -0.39 is 0 Å². The van der Waals surface area contributed by atoms with Gasteiger partial charge in [0.25, 0.3) is 0 Å². The molecular weight excluding hydrogens is 330 g/mol. The lowest BCUT2D eigenvalue weighted by molar-refractivity contribution is 0.108. The molecule has 0 fully saturated rings. The average Bonchev–Trinajstić information content (AvgIpc) is 2.59. The molecule has 24 heavy (non-hydrogen) atoms. The zero-order valence-electron chi connectivity index (χ0n) is 13.9. The molecule has 0 heterocycles. The highest BCUT2D eigenvalue weighted by Gasteiger charge is 2.09. The Morgan fingerprint density at radius 1 is 1.04 bits per heavy atom. The van der Waals surface area contributed by atoms with Gasteiger partial charge in [-0.2, -0.15) is 0 Å². The predicted molar refractivity (Wildman–Crippen MR) is 94.8 cm³/mol. The number of benzene rings is 2. The SMILES string of the molecule is COc1cc(/C=N\OCCOc2ccc(C)cc2)cc(Cl)c1OC. The van der Waals surface area contributed by atoms with Crippen molar-refractivity contribution in [1.82, 2.24) is 0 Å². The number of rotatable bonds is 8. The Hall–Kier alpha value is -2.40. The minimum absolute atomic E-state index is 0.339. The molecule has 0 N–H and O–H groups in total. The molecule has 0 unspecified atom stereocenters. The molecule has 2 aromatic rings. The molecule has 0 saturated heterocycles. The van der Waals surface area contributed by atoms with Gasteiger partial charge in [-0.3, -0.25) is 0 Å². The number of nitrogens with zero attached hydrogens (tertiary/aromatic N) is 1. The predicted octanol–water partition coefficient (Wildman–Crippen LogP) is 4.10. The average molecular weight is 350 g/mol. The molecule has 0 radical (unpaired) electrons. The maximum absolute atomic E-state index is 6.13. The van der Waals surface area contributed by atoms with Crippen LogP contribution in [0.1, 0.15) is 11.1 Å². The number of hydrogen-bond acceptors (Lipinski definition) is 5. The molecule has 5 nitrogen and oxygen atoms in total. The van der Waals surface area contributed by atoms with Gasteiger partial charge in [0.15, 0.2) is 18.1 Å². The Labute approximate surface area is 146 Å². The van der Waals surface area contributed by atoms with E-state index in [9.17, 15) is 0 Å². The lowest BCUT2D eigenvalue weighted by atomic mass is 10.2. The van der Waals surface area contributed by atoms with Crippen LogP contribution < -0.4 is 14.2 Å². The van der Waals surface area contributed by atoms with Crippen LogP contribution in [0.5, 0.6) is 17.2 Å². The smallest absolute Gasteiger partial charge is 0.179 e. The molecule has 0 aliphatic heterocycles. The van der Waals surface area contributed by atoms with Crippen molar-refractivity contribution in [3.63, 3.8) is 0 Å². The monoisotopic (exact) mass is 349 g/mol. The standard InChI is InChI=1S/C18H20ClNO4/c1-13-4-6-15(7-5-13)23-8-9-24-20-12-14-10-16(19)18(22-3)17(11-14)21-2/h4-7,10-12H,8-9H2,1-3H3/b20-12-. The van der Waals surface area contributed by atoms with Gasteiger partial charge in [-0.25, -0.2) is 0 Å². The molecule has 0 amide bonds. The highest BCUT2D eigenvalue weighted by Crippen LogP contribution is 2.35. The fourth-order valence-corrected chi connectivity index (χ4v) is 2.29. The maximum Gasteiger partial charge on any atom is 0.179 e. The maximum atomic E-state index is 6.13. The van der Waals surface area contributed by atoms with Crippen LogP contribution in [0.15, 0.2) is 41.6 Å². The van der Waals surface area contributed by atoms with Crippen molar-refractivity contribution < 1.29 is 19.0 Å². The van der Waals surface area contributed by atoms with E-state index in [1.165, 1.54) is 12.7 Å². The molecule has 0 aliphatic rings. The molecule has 0 spiro atoms. The first-order valence-corrected chi connectivity index (χ1v) is 7.78. The molecule has 0 saturated carbocycles. The van der Waals surface area contributed by atoms with Gasteiger partial charge in [-0.15, -0.1) is 0 Å². The number of hydrogen-bond donors (Lipinski definition) is 0. The second kappa shape index (κ2) is 9.03. The van der Waals surface area contributed by atoms with Gasteiger partial charge >= 0.3 is 0 Å². The van der Waals surface area contributed by atoms with Crippen LogP contribution >= 0.6 is 11.6 Å². The summed E-state index contributed by atoms with van der Waals surface area (Å²) in [5.41, 5.74) is 1.94. The van der Waals surface area contributed by atoms with Gasteiger partial charge in [0.2, 0.25) is 0 Å². The van der Waals surface area contributed by atoms with E-state index >= 15 is 0 Å². The minimum atomic E-state index is 0.339. The zero-order valence-corrected chi connectivity index (χ0v) is 14.7. The van der Waals surface area contributed by atoms with E-state index in [1.54, 1.807) is 25.5 Å². The van der Waals surface area contributed by atoms with Crippen molar-refractivity contribution >= 4 is 17.8 Å². The summed E-state index contributed by atoms with van der Waals surface area (Å²) < 4.78 is 16.0. The van der Waals surface area contributed by atoms with Crippen molar-refractivity contribution in [3.05, 3.63) is 52.5 Å². The fraction of sp³-hybridized carbons (Fsp3) is 0.278. The lowest BCUT2D eigenvalue weighted by Crippen LogP contribution is -2.04. The van der Waals surface area contributed by atoms with Gasteiger partial charge in [-0.05, 0) is 31.2 Å². The third kappa shape index (κ3) is 5.06. The van der Waals surface area contributed by atoms with Crippen molar-refractivity contribution in [1.29, 1.82) is 0 Å². The fourth-order valence-electron chi connectivity index (χ4n) is 1.99. The first-order chi connectivity index (χ1) is 11.6. The topological polar surface area (TPSA) is 49.3 Å². The summed E-state index contributed by atoms with van der Waals surface area (Å²) in [6.45, 7) is 2.78. The molecule has 0 atom stereocenters. The largest absolute Gasteiger partial charge is 0.493 e. The van der Waals surface area contributed by atoms with Crippen LogP contribution in [-0.2, 0) is 4.84 Å². The third-order valence-electron chi connectivity index (χ3n) is 3.20. The highest BCUT2D eigenvalue weighted by atomic mass is 35.5. The van der Waals surface area contributed by atoms with E-state index in [2.05, 4.69) is 5.16 Å². The van der Waals surface area contributed by atoms with Gasteiger partial charge in [0.05, 0.1) is 25.5 Å². The molecule has 128 valence electrons. The van der Waals surface area contributed by atoms with Crippen LogP contribution in [0.25, 0.3) is 0 Å². The van der Waals surface area contributed by atoms with Gasteiger partial charge in [-0.1, -0.05) is 34.5 Å². The van der Waals surface area contributed by atoms with Crippen molar-refractivity contribution in [2.45, 2.75) is 6.92 Å². The molecule has 2 rings (SSSR count). The lowest BCUT2D eigenvalue weighted by Gasteiger charge is -2.09. The number of ether oxygens (including phenoxy) is 3. The Kier molecular flexibility index (Phi) is 6.75. The number of methoxy groups -OCH3 is 2. The summed E-state index contributed by atoms with van der Waals surface area (Å²) in [5.74, 6) is 1.83. The van der Waals surface area contributed by atoms with Crippen molar-refractivity contribution in [2.75, 3.05) is 27.4 Å². The van der Waals surface area contributed by atoms with Crippen LogP contribution in [0.2, 0.25) is 5.02 Å². The highest BCUT2D eigenvalue weighted by molar-refractivity contribution is 6.32. The number of oxime groups is 1. The first-order valence-electron chi connectivity index (χ1n) is 7.40. The van der Waals surface area contributed by atoms with Crippen molar-refractivity contribution in [2.24, 2.45) is 5.16 Å². The molecule has 0 bridgehead atoms. The van der Waals surface area contributed by atoms with E-state index in [1.807, 2.05) is 31.2 Å². The second-order valence-electron chi connectivity index (χ2n) is 4.97. The Morgan fingerprint density at radius 3 is 2.46 bits per heavy atom. The van der Waals surface area contributed by atoms with E-state index in [-0.39, 0.29) is 0 Å². The van der Waals surface area contributed by atoms with Crippen LogP contribution in [0, 0.1) is 6.92 Å². The second-order valence-corrected chi connectivity index (χ2v) is 5.37. The summed E-state index contributed by atoms with van der Waals surface area (Å²) in [5, 5.41) is 4.34. The zero-order chi connectivity index (χ0) is 17.4. The minimum Gasteiger partial charge on any atom is -0.493 e. The van der Waals surface area contributed by atoms with E-state index in [0.717, 1.165) is 11.3 Å². The third-order valence-corrected chi connectivity index (χ3v) is 3.48. The first kappa shape index (κ1) is 17.9. The Bertz CT molecular complexity index is 686. The summed E-state index contributed by atoms with van der Waals surface area (Å²) in [6, 6.07) is 11.3.